The fourth-order valence-electron chi connectivity index (χ4n) is 2.15. The maximum atomic E-state index is 12.4. The van der Waals surface area contributed by atoms with Crippen molar-refractivity contribution < 1.29 is 4.79 Å². The number of anilines is 2. The Morgan fingerprint density at radius 1 is 1.22 bits per heavy atom. The van der Waals surface area contributed by atoms with E-state index in [1.165, 1.54) is 0 Å². The van der Waals surface area contributed by atoms with Crippen molar-refractivity contribution in [1.29, 1.82) is 0 Å². The first-order valence-electron chi connectivity index (χ1n) is 5.85. The molecule has 1 heterocycles. The Morgan fingerprint density at radius 3 is 2.33 bits per heavy atom. The minimum Gasteiger partial charge on any atom is -0.370 e. The molecule has 1 N–H and O–H groups in total. The van der Waals surface area contributed by atoms with Gasteiger partial charge in [0.25, 0.3) is 5.91 Å². The number of nitrogens with zero attached hydrogens (tertiary/aromatic N) is 1. The molecule has 0 aromatic heterocycles. The van der Waals surface area contributed by atoms with E-state index in [9.17, 15) is 4.79 Å². The molecule has 2 rings (SSSR count). The van der Waals surface area contributed by atoms with Crippen molar-refractivity contribution in [1.82, 2.24) is 0 Å². The number of amides is 1. The Labute approximate surface area is 117 Å². The zero-order valence-corrected chi connectivity index (χ0v) is 12.4. The summed E-state index contributed by atoms with van der Waals surface area (Å²) in [7, 11) is 0. The van der Waals surface area contributed by atoms with Crippen molar-refractivity contribution in [3.8, 4) is 0 Å². The third kappa shape index (κ3) is 2.06. The number of carbonyl (C=O) groups is 1. The minimum atomic E-state index is -0.644. The summed E-state index contributed by atoms with van der Waals surface area (Å²) in [6.07, 6.45) is 0. The first-order chi connectivity index (χ1) is 8.24. The number of hydrogen-bond donors (Lipinski definition) is 1. The van der Waals surface area contributed by atoms with E-state index in [0.29, 0.717) is 10.0 Å². The van der Waals surface area contributed by atoms with Crippen LogP contribution in [-0.2, 0) is 4.79 Å². The van der Waals surface area contributed by atoms with E-state index >= 15 is 0 Å². The number of nitrogens with one attached hydrogen (secondary N) is 1. The maximum absolute atomic E-state index is 12.4. The molecule has 18 heavy (non-hydrogen) atoms. The highest BCUT2D eigenvalue weighted by molar-refractivity contribution is 6.42. The molecular formula is C13H16Cl2N2O. The monoisotopic (exact) mass is 286 g/mol. The lowest BCUT2D eigenvalue weighted by molar-refractivity contribution is -0.122. The molecule has 98 valence electrons. The highest BCUT2D eigenvalue weighted by Crippen LogP contribution is 2.41. The topological polar surface area (TPSA) is 32.3 Å². The average molecular weight is 287 g/mol. The van der Waals surface area contributed by atoms with Crippen molar-refractivity contribution >= 4 is 40.5 Å². The van der Waals surface area contributed by atoms with Crippen molar-refractivity contribution in [2.45, 2.75) is 39.3 Å². The van der Waals surface area contributed by atoms with Crippen LogP contribution in [-0.4, -0.2) is 17.5 Å². The van der Waals surface area contributed by atoms with Crippen LogP contribution in [0.15, 0.2) is 12.1 Å². The summed E-state index contributed by atoms with van der Waals surface area (Å²) in [6.45, 7) is 7.67. The fourth-order valence-corrected chi connectivity index (χ4v) is 2.47. The Morgan fingerprint density at radius 2 is 1.78 bits per heavy atom. The van der Waals surface area contributed by atoms with Crippen LogP contribution in [0, 0.1) is 0 Å². The van der Waals surface area contributed by atoms with E-state index in [1.54, 1.807) is 17.0 Å². The Balaban J connectivity index is 2.64. The second-order valence-corrected chi connectivity index (χ2v) is 6.12. The first-order valence-corrected chi connectivity index (χ1v) is 6.60. The van der Waals surface area contributed by atoms with Crippen LogP contribution >= 0.6 is 23.2 Å². The van der Waals surface area contributed by atoms with Crippen molar-refractivity contribution in [2.24, 2.45) is 0 Å². The van der Waals surface area contributed by atoms with Crippen LogP contribution in [0.25, 0.3) is 0 Å². The van der Waals surface area contributed by atoms with Crippen LogP contribution in [0.1, 0.15) is 27.7 Å². The summed E-state index contributed by atoms with van der Waals surface area (Å²) in [5.41, 5.74) is 0.973. The summed E-state index contributed by atoms with van der Waals surface area (Å²) in [5.74, 6) is 0.0309. The van der Waals surface area contributed by atoms with Gasteiger partial charge in [0.1, 0.15) is 5.54 Å². The van der Waals surface area contributed by atoms with Gasteiger partial charge in [-0.05, 0) is 39.8 Å². The van der Waals surface area contributed by atoms with Crippen molar-refractivity contribution in [3.63, 3.8) is 0 Å². The van der Waals surface area contributed by atoms with Gasteiger partial charge in [-0.15, -0.1) is 0 Å². The predicted molar refractivity (Wildman–Crippen MR) is 76.8 cm³/mol. The molecule has 0 bridgehead atoms. The van der Waals surface area contributed by atoms with E-state index in [4.69, 9.17) is 23.2 Å². The van der Waals surface area contributed by atoms with Gasteiger partial charge in [-0.25, -0.2) is 0 Å². The second kappa shape index (κ2) is 4.32. The SMILES string of the molecule is CC(C)N1C(=O)C(C)(C)Nc2cc(Cl)c(Cl)cc21. The van der Waals surface area contributed by atoms with Crippen LogP contribution in [0.2, 0.25) is 10.0 Å². The molecule has 1 aromatic carbocycles. The molecule has 3 nitrogen and oxygen atoms in total. The molecule has 5 heteroatoms. The number of rotatable bonds is 1. The molecule has 0 atom stereocenters. The van der Waals surface area contributed by atoms with Crippen molar-refractivity contribution in [3.05, 3.63) is 22.2 Å². The smallest absolute Gasteiger partial charge is 0.252 e. The van der Waals surface area contributed by atoms with Gasteiger partial charge in [0.15, 0.2) is 0 Å². The van der Waals surface area contributed by atoms with Crippen LogP contribution < -0.4 is 10.2 Å². The van der Waals surface area contributed by atoms with E-state index in [2.05, 4.69) is 5.32 Å². The molecule has 0 radical (unpaired) electrons. The summed E-state index contributed by atoms with van der Waals surface area (Å²) >= 11 is 12.1. The van der Waals surface area contributed by atoms with E-state index in [0.717, 1.165) is 11.4 Å². The number of halogens is 2. The summed E-state index contributed by atoms with van der Waals surface area (Å²) in [4.78, 5) is 14.2. The van der Waals surface area contributed by atoms with Gasteiger partial charge >= 0.3 is 0 Å². The molecule has 1 aliphatic rings. The van der Waals surface area contributed by atoms with E-state index in [-0.39, 0.29) is 11.9 Å². The molecule has 1 aromatic rings. The number of benzene rings is 1. The van der Waals surface area contributed by atoms with Gasteiger partial charge in [-0.3, -0.25) is 4.79 Å². The molecule has 0 fully saturated rings. The van der Waals surface area contributed by atoms with Gasteiger partial charge in [0, 0.05) is 6.04 Å². The van der Waals surface area contributed by atoms with Gasteiger partial charge in [-0.1, -0.05) is 23.2 Å². The normalized spacial score (nSPS) is 17.7. The number of hydrogen-bond acceptors (Lipinski definition) is 2. The third-order valence-corrected chi connectivity index (χ3v) is 3.74. The predicted octanol–water partition coefficient (Wildman–Crippen LogP) is 3.94. The first kappa shape index (κ1) is 13.5. The zero-order chi connectivity index (χ0) is 13.7. The fraction of sp³-hybridized carbons (Fsp3) is 0.462. The lowest BCUT2D eigenvalue weighted by Gasteiger charge is -2.42. The Bertz CT molecular complexity index is 512. The Kier molecular flexibility index (Phi) is 3.24. The highest BCUT2D eigenvalue weighted by Gasteiger charge is 2.39. The average Bonchev–Trinajstić information content (AvgIpc) is 2.22. The zero-order valence-electron chi connectivity index (χ0n) is 10.8. The lowest BCUT2D eigenvalue weighted by Crippen LogP contribution is -2.56. The van der Waals surface area contributed by atoms with Crippen LogP contribution in [0.4, 0.5) is 11.4 Å². The quantitative estimate of drug-likeness (QED) is 0.848. The van der Waals surface area contributed by atoms with E-state index in [1.807, 2.05) is 27.7 Å². The molecule has 1 amide bonds. The molecule has 0 spiro atoms. The summed E-state index contributed by atoms with van der Waals surface area (Å²) in [5, 5.41) is 4.14. The molecule has 0 aliphatic carbocycles. The maximum Gasteiger partial charge on any atom is 0.252 e. The van der Waals surface area contributed by atoms with Gasteiger partial charge in [-0.2, -0.15) is 0 Å². The van der Waals surface area contributed by atoms with Crippen LogP contribution in [0.5, 0.6) is 0 Å². The molecule has 1 aliphatic heterocycles. The molecule has 0 unspecified atom stereocenters. The van der Waals surface area contributed by atoms with Gasteiger partial charge < -0.3 is 10.2 Å². The Hall–Kier alpha value is -0.930. The molecule has 0 saturated carbocycles. The van der Waals surface area contributed by atoms with Crippen LogP contribution in [0.3, 0.4) is 0 Å². The van der Waals surface area contributed by atoms with Gasteiger partial charge in [0.2, 0.25) is 0 Å². The van der Waals surface area contributed by atoms with Crippen molar-refractivity contribution in [2.75, 3.05) is 10.2 Å². The number of fused-ring (bicyclic) bond motifs is 1. The summed E-state index contributed by atoms with van der Waals surface area (Å²) < 4.78 is 0. The largest absolute Gasteiger partial charge is 0.370 e. The minimum absolute atomic E-state index is 0.0309. The molecule has 0 saturated heterocycles. The van der Waals surface area contributed by atoms with E-state index < -0.39 is 5.54 Å². The lowest BCUT2D eigenvalue weighted by atomic mass is 9.97. The standard InChI is InChI=1S/C13H16Cl2N2O/c1-7(2)17-11-6-9(15)8(14)5-10(11)16-13(3,4)12(17)18/h5-7,16H,1-4H3. The summed E-state index contributed by atoms with van der Waals surface area (Å²) in [6, 6.07) is 3.57. The molecular weight excluding hydrogens is 271 g/mol. The third-order valence-electron chi connectivity index (χ3n) is 3.02. The number of carbonyl (C=O) groups excluding carboxylic acids is 1. The highest BCUT2D eigenvalue weighted by atomic mass is 35.5. The second-order valence-electron chi connectivity index (χ2n) is 5.30. The van der Waals surface area contributed by atoms with Gasteiger partial charge in [0.05, 0.1) is 21.4 Å².